The van der Waals surface area contributed by atoms with Gasteiger partial charge in [0.25, 0.3) is 0 Å². The zero-order chi connectivity index (χ0) is 11.0. The first-order valence-electron chi connectivity index (χ1n) is 5.38. The Bertz CT molecular complexity index is 503. The molecule has 1 aliphatic rings. The molecule has 1 fully saturated rings. The summed E-state index contributed by atoms with van der Waals surface area (Å²) in [5.41, 5.74) is 1.87. The van der Waals surface area contributed by atoms with Crippen molar-refractivity contribution in [1.82, 2.24) is 15.2 Å². The highest BCUT2D eigenvalue weighted by Gasteiger charge is 2.19. The number of H-pyrrole nitrogens is 1. The third kappa shape index (κ3) is 1.53. The van der Waals surface area contributed by atoms with Crippen LogP contribution in [0.25, 0.3) is 10.9 Å². The molecule has 0 spiro atoms. The number of aromatic amines is 1. The largest absolute Gasteiger partial charge is 0.471 e. The summed E-state index contributed by atoms with van der Waals surface area (Å²) in [6.07, 6.45) is 2.77. The third-order valence-electron chi connectivity index (χ3n) is 2.79. The molecule has 1 N–H and O–H groups in total. The van der Waals surface area contributed by atoms with E-state index in [1.807, 2.05) is 13.0 Å². The predicted octanol–water partition coefficient (Wildman–Crippen LogP) is 1.43. The van der Waals surface area contributed by atoms with E-state index in [1.165, 1.54) is 0 Å². The zero-order valence-corrected chi connectivity index (χ0v) is 9.06. The van der Waals surface area contributed by atoms with Gasteiger partial charge in [-0.2, -0.15) is 5.10 Å². The fourth-order valence-electron chi connectivity index (χ4n) is 1.94. The predicted molar refractivity (Wildman–Crippen MR) is 58.5 cm³/mol. The minimum Gasteiger partial charge on any atom is -0.471 e. The van der Waals surface area contributed by atoms with Gasteiger partial charge in [0.1, 0.15) is 6.10 Å². The Balaban J connectivity index is 1.98. The molecule has 3 rings (SSSR count). The van der Waals surface area contributed by atoms with Gasteiger partial charge in [-0.05, 0) is 13.0 Å². The highest BCUT2D eigenvalue weighted by atomic mass is 16.5. The van der Waals surface area contributed by atoms with Gasteiger partial charge in [0, 0.05) is 12.6 Å². The number of rotatable bonds is 2. The van der Waals surface area contributed by atoms with Gasteiger partial charge in [0.2, 0.25) is 5.88 Å². The van der Waals surface area contributed by atoms with Crippen LogP contribution in [0.4, 0.5) is 0 Å². The number of aromatic nitrogens is 3. The Kier molecular flexibility index (Phi) is 2.25. The SMILES string of the molecule is Cc1n[nH]c2ccnc(O[C@@H]3CCOC3)c12. The summed E-state index contributed by atoms with van der Waals surface area (Å²) in [5.74, 6) is 0.652. The molecule has 5 heteroatoms. The van der Waals surface area contributed by atoms with E-state index in [9.17, 15) is 0 Å². The summed E-state index contributed by atoms with van der Waals surface area (Å²) < 4.78 is 11.1. The van der Waals surface area contributed by atoms with Crippen LogP contribution in [-0.2, 0) is 4.74 Å². The molecule has 1 saturated heterocycles. The van der Waals surface area contributed by atoms with E-state index in [-0.39, 0.29) is 6.10 Å². The van der Waals surface area contributed by atoms with Crippen molar-refractivity contribution in [2.75, 3.05) is 13.2 Å². The fraction of sp³-hybridized carbons (Fsp3) is 0.455. The average molecular weight is 219 g/mol. The van der Waals surface area contributed by atoms with E-state index >= 15 is 0 Å². The van der Waals surface area contributed by atoms with E-state index in [0.717, 1.165) is 29.6 Å². The van der Waals surface area contributed by atoms with Crippen molar-refractivity contribution in [3.05, 3.63) is 18.0 Å². The molecule has 84 valence electrons. The summed E-state index contributed by atoms with van der Waals surface area (Å²) in [7, 11) is 0. The van der Waals surface area contributed by atoms with Crippen LogP contribution >= 0.6 is 0 Å². The Morgan fingerprint density at radius 2 is 2.50 bits per heavy atom. The lowest BCUT2D eigenvalue weighted by Gasteiger charge is -2.11. The quantitative estimate of drug-likeness (QED) is 0.830. The number of aryl methyl sites for hydroxylation is 1. The van der Waals surface area contributed by atoms with Crippen LogP contribution in [0.2, 0.25) is 0 Å². The van der Waals surface area contributed by atoms with Crippen LogP contribution < -0.4 is 4.74 Å². The second-order valence-electron chi connectivity index (χ2n) is 3.95. The molecular weight excluding hydrogens is 206 g/mol. The topological polar surface area (TPSA) is 60.0 Å². The molecule has 0 radical (unpaired) electrons. The first-order chi connectivity index (χ1) is 7.84. The van der Waals surface area contributed by atoms with Crippen molar-refractivity contribution in [1.29, 1.82) is 0 Å². The Hall–Kier alpha value is -1.62. The summed E-state index contributed by atoms with van der Waals surface area (Å²) >= 11 is 0. The molecule has 0 bridgehead atoms. The molecule has 0 amide bonds. The molecule has 3 heterocycles. The van der Waals surface area contributed by atoms with Crippen LogP contribution in [-0.4, -0.2) is 34.5 Å². The minimum absolute atomic E-state index is 0.118. The van der Waals surface area contributed by atoms with Crippen molar-refractivity contribution in [3.8, 4) is 5.88 Å². The molecule has 1 atom stereocenters. The second kappa shape index (κ2) is 3.75. The van der Waals surface area contributed by atoms with Crippen LogP contribution in [0.1, 0.15) is 12.1 Å². The number of fused-ring (bicyclic) bond motifs is 1. The zero-order valence-electron chi connectivity index (χ0n) is 9.06. The van der Waals surface area contributed by atoms with E-state index in [4.69, 9.17) is 9.47 Å². The van der Waals surface area contributed by atoms with E-state index < -0.39 is 0 Å². The molecular formula is C11H13N3O2. The van der Waals surface area contributed by atoms with Crippen LogP contribution in [0.15, 0.2) is 12.3 Å². The smallest absolute Gasteiger partial charge is 0.225 e. The average Bonchev–Trinajstić information content (AvgIpc) is 2.90. The molecule has 1 aliphatic heterocycles. The second-order valence-corrected chi connectivity index (χ2v) is 3.95. The molecule has 5 nitrogen and oxygen atoms in total. The molecule has 0 unspecified atom stereocenters. The lowest BCUT2D eigenvalue weighted by Crippen LogP contribution is -2.16. The summed E-state index contributed by atoms with van der Waals surface area (Å²) in [6, 6.07) is 1.90. The van der Waals surface area contributed by atoms with Crippen molar-refractivity contribution in [2.45, 2.75) is 19.4 Å². The van der Waals surface area contributed by atoms with E-state index in [2.05, 4.69) is 15.2 Å². The number of pyridine rings is 1. The Morgan fingerprint density at radius 1 is 1.56 bits per heavy atom. The summed E-state index contributed by atoms with van der Waals surface area (Å²) in [6.45, 7) is 3.36. The van der Waals surface area contributed by atoms with Gasteiger partial charge < -0.3 is 9.47 Å². The van der Waals surface area contributed by atoms with E-state index in [0.29, 0.717) is 12.5 Å². The maximum absolute atomic E-state index is 5.83. The van der Waals surface area contributed by atoms with Gasteiger partial charge in [0.05, 0.1) is 29.8 Å². The molecule has 0 aromatic carbocycles. The normalized spacial score (nSPS) is 20.4. The Morgan fingerprint density at radius 3 is 3.31 bits per heavy atom. The van der Waals surface area contributed by atoms with Gasteiger partial charge in [0.15, 0.2) is 0 Å². The molecule has 2 aromatic heterocycles. The summed E-state index contributed by atoms with van der Waals surface area (Å²) in [5, 5.41) is 8.07. The maximum atomic E-state index is 5.83. The van der Waals surface area contributed by atoms with Gasteiger partial charge in [-0.15, -0.1) is 0 Å². The van der Waals surface area contributed by atoms with Gasteiger partial charge >= 0.3 is 0 Å². The number of hydrogen-bond donors (Lipinski definition) is 1. The summed E-state index contributed by atoms with van der Waals surface area (Å²) in [4.78, 5) is 4.27. The first-order valence-corrected chi connectivity index (χ1v) is 5.38. The van der Waals surface area contributed by atoms with Gasteiger partial charge in [-0.1, -0.05) is 0 Å². The number of nitrogens with one attached hydrogen (secondary N) is 1. The van der Waals surface area contributed by atoms with Crippen molar-refractivity contribution >= 4 is 10.9 Å². The Labute approximate surface area is 92.8 Å². The van der Waals surface area contributed by atoms with Crippen LogP contribution in [0.3, 0.4) is 0 Å². The highest BCUT2D eigenvalue weighted by Crippen LogP contribution is 2.26. The van der Waals surface area contributed by atoms with Crippen molar-refractivity contribution < 1.29 is 9.47 Å². The molecule has 2 aromatic rings. The lowest BCUT2D eigenvalue weighted by atomic mass is 10.2. The molecule has 16 heavy (non-hydrogen) atoms. The molecule has 0 aliphatic carbocycles. The van der Waals surface area contributed by atoms with Crippen LogP contribution in [0.5, 0.6) is 5.88 Å². The van der Waals surface area contributed by atoms with Crippen molar-refractivity contribution in [2.24, 2.45) is 0 Å². The monoisotopic (exact) mass is 219 g/mol. The third-order valence-corrected chi connectivity index (χ3v) is 2.79. The number of hydrogen-bond acceptors (Lipinski definition) is 4. The number of nitrogens with zero attached hydrogens (tertiary/aromatic N) is 2. The lowest BCUT2D eigenvalue weighted by molar-refractivity contribution is 0.139. The van der Waals surface area contributed by atoms with Gasteiger partial charge in [-0.25, -0.2) is 4.98 Å². The molecule has 0 saturated carbocycles. The standard InChI is InChI=1S/C11H13N3O2/c1-7-10-9(14-13-7)2-4-12-11(10)16-8-3-5-15-6-8/h2,4,8H,3,5-6H2,1H3,(H,13,14)/t8-/m1/s1. The highest BCUT2D eigenvalue weighted by molar-refractivity contribution is 5.85. The maximum Gasteiger partial charge on any atom is 0.225 e. The van der Waals surface area contributed by atoms with Gasteiger partial charge in [-0.3, -0.25) is 5.10 Å². The fourth-order valence-corrected chi connectivity index (χ4v) is 1.94. The van der Waals surface area contributed by atoms with E-state index in [1.54, 1.807) is 6.20 Å². The van der Waals surface area contributed by atoms with Crippen LogP contribution in [0, 0.1) is 6.92 Å². The first kappa shape index (κ1) is 9.59. The minimum atomic E-state index is 0.118. The number of ether oxygens (including phenoxy) is 2. The van der Waals surface area contributed by atoms with Crippen molar-refractivity contribution in [3.63, 3.8) is 0 Å².